The summed E-state index contributed by atoms with van der Waals surface area (Å²) >= 11 is 0. The number of benzene rings is 1. The summed E-state index contributed by atoms with van der Waals surface area (Å²) in [4.78, 5) is 0. The lowest BCUT2D eigenvalue weighted by Gasteiger charge is -2.12. The fourth-order valence-corrected chi connectivity index (χ4v) is 2.03. The predicted octanol–water partition coefficient (Wildman–Crippen LogP) is 3.63. The molecule has 0 radical (unpaired) electrons. The smallest absolute Gasteiger partial charge is 0.0829 e. The zero-order valence-corrected chi connectivity index (χ0v) is 8.99. The van der Waals surface area contributed by atoms with Crippen molar-refractivity contribution in [2.75, 3.05) is 0 Å². The van der Waals surface area contributed by atoms with E-state index in [1.807, 2.05) is 0 Å². The van der Waals surface area contributed by atoms with Crippen LogP contribution in [0, 0.1) is 6.92 Å². The molecule has 1 aliphatic rings. The van der Waals surface area contributed by atoms with Crippen molar-refractivity contribution >= 4 is 0 Å². The van der Waals surface area contributed by atoms with Crippen molar-refractivity contribution in [1.29, 1.82) is 0 Å². The van der Waals surface area contributed by atoms with E-state index >= 15 is 0 Å². The Morgan fingerprint density at radius 1 is 1.21 bits per heavy atom. The SMILES string of the molecule is CCC1CCC(c2ccc(C)cc2)O1. The van der Waals surface area contributed by atoms with Gasteiger partial charge in [0.1, 0.15) is 0 Å². The predicted molar refractivity (Wildman–Crippen MR) is 58.3 cm³/mol. The largest absolute Gasteiger partial charge is 0.370 e. The van der Waals surface area contributed by atoms with Crippen LogP contribution in [0.1, 0.15) is 43.4 Å². The number of ether oxygens (including phenoxy) is 1. The molecule has 1 aromatic rings. The molecule has 0 aliphatic carbocycles. The Bertz CT molecular complexity index is 289. The zero-order valence-electron chi connectivity index (χ0n) is 8.99. The molecule has 76 valence electrons. The Hall–Kier alpha value is -0.820. The Labute approximate surface area is 86.1 Å². The zero-order chi connectivity index (χ0) is 9.97. The molecule has 1 heteroatoms. The van der Waals surface area contributed by atoms with Crippen LogP contribution in [0.15, 0.2) is 24.3 Å². The van der Waals surface area contributed by atoms with E-state index in [1.165, 1.54) is 24.0 Å². The van der Waals surface area contributed by atoms with E-state index in [0.717, 1.165) is 6.42 Å². The summed E-state index contributed by atoms with van der Waals surface area (Å²) in [6, 6.07) is 8.71. The number of hydrogen-bond acceptors (Lipinski definition) is 1. The first-order chi connectivity index (χ1) is 6.79. The second kappa shape index (κ2) is 4.14. The van der Waals surface area contributed by atoms with Crippen LogP contribution in [0.25, 0.3) is 0 Å². The third kappa shape index (κ3) is 1.98. The molecule has 0 saturated carbocycles. The molecule has 0 spiro atoms. The maximum atomic E-state index is 5.94. The van der Waals surface area contributed by atoms with Crippen LogP contribution in [-0.2, 0) is 4.74 Å². The summed E-state index contributed by atoms with van der Waals surface area (Å²) in [7, 11) is 0. The fraction of sp³-hybridized carbons (Fsp3) is 0.538. The molecule has 0 N–H and O–H groups in total. The standard InChI is InChI=1S/C13H18O/c1-3-12-8-9-13(14-12)11-6-4-10(2)5-7-11/h4-7,12-13H,3,8-9H2,1-2H3. The maximum Gasteiger partial charge on any atom is 0.0829 e. The minimum atomic E-state index is 0.348. The summed E-state index contributed by atoms with van der Waals surface area (Å²) in [5.74, 6) is 0. The van der Waals surface area contributed by atoms with Crippen LogP contribution in [0.4, 0.5) is 0 Å². The van der Waals surface area contributed by atoms with Gasteiger partial charge in [-0.3, -0.25) is 0 Å². The van der Waals surface area contributed by atoms with E-state index in [2.05, 4.69) is 38.1 Å². The molecular weight excluding hydrogens is 172 g/mol. The van der Waals surface area contributed by atoms with Crippen molar-refractivity contribution in [3.05, 3.63) is 35.4 Å². The number of rotatable bonds is 2. The van der Waals surface area contributed by atoms with Gasteiger partial charge in [-0.25, -0.2) is 0 Å². The van der Waals surface area contributed by atoms with Gasteiger partial charge in [-0.15, -0.1) is 0 Å². The molecule has 1 aliphatic heterocycles. The first kappa shape index (κ1) is 9.72. The first-order valence-corrected chi connectivity index (χ1v) is 5.51. The van der Waals surface area contributed by atoms with Crippen LogP contribution in [0.3, 0.4) is 0 Å². The monoisotopic (exact) mass is 190 g/mol. The number of hydrogen-bond donors (Lipinski definition) is 0. The van der Waals surface area contributed by atoms with E-state index < -0.39 is 0 Å². The van der Waals surface area contributed by atoms with Crippen LogP contribution in [0.2, 0.25) is 0 Å². The summed E-state index contributed by atoms with van der Waals surface area (Å²) in [6.45, 7) is 4.32. The Balaban J connectivity index is 2.06. The molecule has 2 atom stereocenters. The van der Waals surface area contributed by atoms with E-state index in [4.69, 9.17) is 4.74 Å². The summed E-state index contributed by atoms with van der Waals surface area (Å²) in [5, 5.41) is 0. The van der Waals surface area contributed by atoms with Crippen molar-refractivity contribution in [3.63, 3.8) is 0 Å². The van der Waals surface area contributed by atoms with Gasteiger partial charge in [-0.1, -0.05) is 36.8 Å². The highest BCUT2D eigenvalue weighted by Crippen LogP contribution is 2.33. The van der Waals surface area contributed by atoms with Crippen molar-refractivity contribution < 1.29 is 4.74 Å². The van der Waals surface area contributed by atoms with Gasteiger partial charge in [-0.2, -0.15) is 0 Å². The van der Waals surface area contributed by atoms with Crippen molar-refractivity contribution in [1.82, 2.24) is 0 Å². The molecule has 14 heavy (non-hydrogen) atoms. The fourth-order valence-electron chi connectivity index (χ4n) is 2.03. The average molecular weight is 190 g/mol. The quantitative estimate of drug-likeness (QED) is 0.692. The third-order valence-electron chi connectivity index (χ3n) is 3.01. The number of aryl methyl sites for hydroxylation is 1. The van der Waals surface area contributed by atoms with Gasteiger partial charge in [-0.05, 0) is 31.7 Å². The molecule has 1 aromatic carbocycles. The van der Waals surface area contributed by atoms with Gasteiger partial charge in [0.15, 0.2) is 0 Å². The molecule has 1 nitrogen and oxygen atoms in total. The van der Waals surface area contributed by atoms with Gasteiger partial charge in [0.2, 0.25) is 0 Å². The lowest BCUT2D eigenvalue weighted by molar-refractivity contribution is 0.0428. The molecule has 1 heterocycles. The summed E-state index contributed by atoms with van der Waals surface area (Å²) in [6.07, 6.45) is 4.38. The Kier molecular flexibility index (Phi) is 2.87. The molecule has 1 fully saturated rings. The molecule has 1 saturated heterocycles. The van der Waals surface area contributed by atoms with Gasteiger partial charge in [0.05, 0.1) is 12.2 Å². The van der Waals surface area contributed by atoms with Crippen LogP contribution in [0.5, 0.6) is 0 Å². The molecule has 0 amide bonds. The third-order valence-corrected chi connectivity index (χ3v) is 3.01. The van der Waals surface area contributed by atoms with Crippen molar-refractivity contribution in [2.24, 2.45) is 0 Å². The second-order valence-electron chi connectivity index (χ2n) is 4.14. The van der Waals surface area contributed by atoms with Crippen molar-refractivity contribution in [2.45, 2.75) is 45.3 Å². The van der Waals surface area contributed by atoms with Crippen molar-refractivity contribution in [3.8, 4) is 0 Å². The van der Waals surface area contributed by atoms with Gasteiger partial charge in [0.25, 0.3) is 0 Å². The van der Waals surface area contributed by atoms with E-state index in [0.29, 0.717) is 12.2 Å². The molecule has 2 unspecified atom stereocenters. The van der Waals surface area contributed by atoms with Gasteiger partial charge >= 0.3 is 0 Å². The summed E-state index contributed by atoms with van der Waals surface area (Å²) in [5.41, 5.74) is 2.66. The normalized spacial score (nSPS) is 26.7. The van der Waals surface area contributed by atoms with E-state index in [-0.39, 0.29) is 0 Å². The minimum absolute atomic E-state index is 0.348. The van der Waals surface area contributed by atoms with Crippen LogP contribution >= 0.6 is 0 Å². The Morgan fingerprint density at radius 2 is 1.93 bits per heavy atom. The molecule has 0 aromatic heterocycles. The average Bonchev–Trinajstić information content (AvgIpc) is 2.67. The van der Waals surface area contributed by atoms with E-state index in [9.17, 15) is 0 Å². The lowest BCUT2D eigenvalue weighted by Crippen LogP contribution is -2.04. The van der Waals surface area contributed by atoms with Crippen LogP contribution < -0.4 is 0 Å². The highest BCUT2D eigenvalue weighted by atomic mass is 16.5. The topological polar surface area (TPSA) is 9.23 Å². The highest BCUT2D eigenvalue weighted by Gasteiger charge is 2.24. The van der Waals surface area contributed by atoms with Gasteiger partial charge < -0.3 is 4.74 Å². The van der Waals surface area contributed by atoms with Crippen LogP contribution in [-0.4, -0.2) is 6.10 Å². The maximum absolute atomic E-state index is 5.94. The summed E-state index contributed by atoms with van der Waals surface area (Å²) < 4.78 is 5.94. The molecular formula is C13H18O. The van der Waals surface area contributed by atoms with Gasteiger partial charge in [0, 0.05) is 0 Å². The first-order valence-electron chi connectivity index (χ1n) is 5.51. The molecule has 2 rings (SSSR count). The lowest BCUT2D eigenvalue weighted by atomic mass is 10.0. The Morgan fingerprint density at radius 3 is 2.50 bits per heavy atom. The highest BCUT2D eigenvalue weighted by molar-refractivity contribution is 5.23. The second-order valence-corrected chi connectivity index (χ2v) is 4.14. The van der Waals surface area contributed by atoms with E-state index in [1.54, 1.807) is 0 Å². The minimum Gasteiger partial charge on any atom is -0.370 e. The molecule has 0 bridgehead atoms.